The summed E-state index contributed by atoms with van der Waals surface area (Å²) in [5.74, 6) is 2.51. The van der Waals surface area contributed by atoms with E-state index in [4.69, 9.17) is 6.42 Å². The normalized spacial score (nSPS) is 10.6. The largest absolute Gasteiger partial charge is 0.363 e. The zero-order chi connectivity index (χ0) is 12.3. The van der Waals surface area contributed by atoms with Crippen LogP contribution in [0.5, 0.6) is 0 Å². The van der Waals surface area contributed by atoms with E-state index in [2.05, 4.69) is 32.2 Å². The first kappa shape index (κ1) is 12.5. The second kappa shape index (κ2) is 4.49. The van der Waals surface area contributed by atoms with Gasteiger partial charge in [-0.1, -0.05) is 5.92 Å². The maximum atomic E-state index is 10.8. The Morgan fingerprint density at radius 3 is 2.75 bits per heavy atom. The number of nitro groups is 1. The maximum Gasteiger partial charge on any atom is 0.311 e. The van der Waals surface area contributed by atoms with Crippen molar-refractivity contribution >= 4 is 27.3 Å². The van der Waals surface area contributed by atoms with E-state index in [0.29, 0.717) is 10.2 Å². The summed E-state index contributed by atoms with van der Waals surface area (Å²) >= 11 is 3.20. The van der Waals surface area contributed by atoms with Crippen LogP contribution in [-0.2, 0) is 0 Å². The molecule has 16 heavy (non-hydrogen) atoms. The lowest BCUT2D eigenvalue weighted by molar-refractivity contribution is -0.384. The SMILES string of the molecule is C#CC(C)(C)Nc1c(Br)cncc1[N+](=O)[O-]. The van der Waals surface area contributed by atoms with Crippen molar-refractivity contribution in [2.24, 2.45) is 0 Å². The molecule has 0 aliphatic carbocycles. The Kier molecular flexibility index (Phi) is 3.50. The van der Waals surface area contributed by atoms with Crippen LogP contribution in [-0.4, -0.2) is 15.4 Å². The highest BCUT2D eigenvalue weighted by Gasteiger charge is 2.23. The minimum Gasteiger partial charge on any atom is -0.363 e. The van der Waals surface area contributed by atoms with E-state index < -0.39 is 10.5 Å². The van der Waals surface area contributed by atoms with Gasteiger partial charge in [-0.25, -0.2) is 0 Å². The van der Waals surface area contributed by atoms with Crippen LogP contribution < -0.4 is 5.32 Å². The van der Waals surface area contributed by atoms with Gasteiger partial charge in [0.25, 0.3) is 0 Å². The minimum absolute atomic E-state index is 0.113. The molecule has 0 spiro atoms. The molecule has 0 aliphatic heterocycles. The van der Waals surface area contributed by atoms with E-state index in [0.717, 1.165) is 0 Å². The van der Waals surface area contributed by atoms with Crippen molar-refractivity contribution in [1.82, 2.24) is 4.98 Å². The van der Waals surface area contributed by atoms with Crippen LogP contribution in [0, 0.1) is 22.5 Å². The summed E-state index contributed by atoms with van der Waals surface area (Å²) in [7, 11) is 0. The average molecular weight is 284 g/mol. The number of nitrogens with one attached hydrogen (secondary N) is 1. The molecule has 0 aliphatic rings. The number of hydrogen-bond donors (Lipinski definition) is 1. The number of pyridine rings is 1. The molecule has 0 radical (unpaired) electrons. The van der Waals surface area contributed by atoms with Crippen LogP contribution in [0.1, 0.15) is 13.8 Å². The molecule has 84 valence electrons. The lowest BCUT2D eigenvalue weighted by atomic mass is 10.1. The van der Waals surface area contributed by atoms with E-state index in [1.165, 1.54) is 12.4 Å². The summed E-state index contributed by atoms with van der Waals surface area (Å²) in [6.45, 7) is 3.51. The zero-order valence-electron chi connectivity index (χ0n) is 8.82. The molecule has 5 nitrogen and oxygen atoms in total. The molecule has 6 heteroatoms. The summed E-state index contributed by atoms with van der Waals surface area (Å²) < 4.78 is 0.505. The average Bonchev–Trinajstić information content (AvgIpc) is 2.20. The summed E-state index contributed by atoms with van der Waals surface area (Å²) in [5, 5.41) is 13.7. The molecule has 1 N–H and O–H groups in total. The Morgan fingerprint density at radius 1 is 1.62 bits per heavy atom. The quantitative estimate of drug-likeness (QED) is 0.526. The van der Waals surface area contributed by atoms with Crippen LogP contribution in [0.25, 0.3) is 0 Å². The molecule has 0 bridgehead atoms. The van der Waals surface area contributed by atoms with Crippen LogP contribution in [0.3, 0.4) is 0 Å². The lowest BCUT2D eigenvalue weighted by Crippen LogP contribution is -2.29. The molecule has 1 rings (SSSR count). The molecular formula is C10H10BrN3O2. The van der Waals surface area contributed by atoms with Gasteiger partial charge >= 0.3 is 5.69 Å². The van der Waals surface area contributed by atoms with Crippen LogP contribution in [0.15, 0.2) is 16.9 Å². The Labute approximate surface area is 102 Å². The lowest BCUT2D eigenvalue weighted by Gasteiger charge is -2.21. The Morgan fingerprint density at radius 2 is 2.25 bits per heavy atom. The molecule has 1 heterocycles. The van der Waals surface area contributed by atoms with Gasteiger partial charge in [-0.15, -0.1) is 6.42 Å². The third-order valence-corrected chi connectivity index (χ3v) is 2.48. The molecular weight excluding hydrogens is 274 g/mol. The van der Waals surface area contributed by atoms with Crippen LogP contribution in [0.2, 0.25) is 0 Å². The second-order valence-corrected chi connectivity index (χ2v) is 4.52. The summed E-state index contributed by atoms with van der Waals surface area (Å²) in [6.07, 6.45) is 7.97. The molecule has 0 aromatic carbocycles. The zero-order valence-corrected chi connectivity index (χ0v) is 10.4. The molecule has 1 aromatic heterocycles. The van der Waals surface area contributed by atoms with E-state index >= 15 is 0 Å². The van der Waals surface area contributed by atoms with Gasteiger partial charge in [-0.2, -0.15) is 0 Å². The molecule has 0 unspecified atom stereocenters. The smallest absolute Gasteiger partial charge is 0.311 e. The Hall–Kier alpha value is -1.61. The van der Waals surface area contributed by atoms with E-state index in [1.807, 2.05) is 0 Å². The first-order valence-corrected chi connectivity index (χ1v) is 5.20. The number of anilines is 1. The van der Waals surface area contributed by atoms with Gasteiger partial charge in [0.2, 0.25) is 0 Å². The molecule has 0 fully saturated rings. The van der Waals surface area contributed by atoms with Crippen molar-refractivity contribution in [2.45, 2.75) is 19.4 Å². The van der Waals surface area contributed by atoms with E-state index in [9.17, 15) is 10.1 Å². The fraction of sp³-hybridized carbons (Fsp3) is 0.300. The van der Waals surface area contributed by atoms with Crippen molar-refractivity contribution in [2.75, 3.05) is 5.32 Å². The fourth-order valence-corrected chi connectivity index (χ4v) is 1.46. The molecule has 1 aromatic rings. The van der Waals surface area contributed by atoms with Gasteiger partial charge in [0.05, 0.1) is 14.9 Å². The van der Waals surface area contributed by atoms with Crippen molar-refractivity contribution < 1.29 is 4.92 Å². The van der Waals surface area contributed by atoms with Gasteiger partial charge in [-0.3, -0.25) is 15.1 Å². The molecule has 0 amide bonds. The second-order valence-electron chi connectivity index (χ2n) is 3.67. The third-order valence-electron chi connectivity index (χ3n) is 1.87. The first-order valence-electron chi connectivity index (χ1n) is 4.41. The van der Waals surface area contributed by atoms with Crippen molar-refractivity contribution in [3.63, 3.8) is 0 Å². The maximum absolute atomic E-state index is 10.8. The molecule has 0 saturated heterocycles. The van der Waals surface area contributed by atoms with Gasteiger partial charge < -0.3 is 5.32 Å². The van der Waals surface area contributed by atoms with Gasteiger partial charge in [0, 0.05) is 6.20 Å². The highest BCUT2D eigenvalue weighted by atomic mass is 79.9. The Balaban J connectivity index is 3.23. The number of aromatic nitrogens is 1. The highest BCUT2D eigenvalue weighted by Crippen LogP contribution is 2.32. The first-order chi connectivity index (χ1) is 7.37. The monoisotopic (exact) mass is 283 g/mol. The van der Waals surface area contributed by atoms with Crippen LogP contribution in [0.4, 0.5) is 11.4 Å². The van der Waals surface area contributed by atoms with Gasteiger partial charge in [0.1, 0.15) is 11.9 Å². The highest BCUT2D eigenvalue weighted by molar-refractivity contribution is 9.10. The Bertz CT molecular complexity index is 466. The topological polar surface area (TPSA) is 68.1 Å². The summed E-state index contributed by atoms with van der Waals surface area (Å²) in [5.41, 5.74) is -0.449. The third kappa shape index (κ3) is 2.70. The molecule has 0 atom stereocenters. The van der Waals surface area contributed by atoms with Crippen molar-refractivity contribution in [1.29, 1.82) is 0 Å². The predicted molar refractivity (Wildman–Crippen MR) is 65.1 cm³/mol. The number of halogens is 1. The number of terminal acetylenes is 1. The minimum atomic E-state index is -0.672. The molecule has 0 saturated carbocycles. The van der Waals surface area contributed by atoms with Gasteiger partial charge in [-0.05, 0) is 29.8 Å². The van der Waals surface area contributed by atoms with Gasteiger partial charge in [0.15, 0.2) is 0 Å². The fourth-order valence-electron chi connectivity index (χ4n) is 1.04. The predicted octanol–water partition coefficient (Wildman–Crippen LogP) is 2.58. The van der Waals surface area contributed by atoms with Crippen molar-refractivity contribution in [3.05, 3.63) is 27.0 Å². The number of nitrogens with zero attached hydrogens (tertiary/aromatic N) is 2. The number of hydrogen-bond acceptors (Lipinski definition) is 4. The van der Waals surface area contributed by atoms with E-state index in [-0.39, 0.29) is 5.69 Å². The standard InChI is InChI=1S/C10H10BrN3O2/c1-4-10(2,3)13-9-7(11)5-12-6-8(9)14(15)16/h1,5-6H,2-3H3,(H,12,13). The summed E-state index contributed by atoms with van der Waals surface area (Å²) in [6, 6.07) is 0. The van der Waals surface area contributed by atoms with Crippen LogP contribution >= 0.6 is 15.9 Å². The summed E-state index contributed by atoms with van der Waals surface area (Å²) in [4.78, 5) is 14.0. The van der Waals surface area contributed by atoms with E-state index in [1.54, 1.807) is 13.8 Å². The number of rotatable bonds is 3. The van der Waals surface area contributed by atoms with Crippen molar-refractivity contribution in [3.8, 4) is 12.3 Å².